The average molecular weight is 761 g/mol. The monoisotopic (exact) mass is 760 g/mol. The maximum absolute atomic E-state index is 14.6. The van der Waals surface area contributed by atoms with E-state index in [1.807, 2.05) is 66.4 Å². The molecule has 11 heteroatoms. The van der Waals surface area contributed by atoms with Crippen LogP contribution in [0.15, 0.2) is 102 Å². The fraction of sp³-hybridized carbons (Fsp3) is 0.341. The van der Waals surface area contributed by atoms with Crippen molar-refractivity contribution in [2.45, 2.75) is 38.1 Å². The van der Waals surface area contributed by atoms with Crippen LogP contribution >= 0.6 is 0 Å². The molecule has 55 heavy (non-hydrogen) atoms. The lowest BCUT2D eigenvalue weighted by Crippen LogP contribution is -2.50. The highest BCUT2D eigenvalue weighted by molar-refractivity contribution is 7.89. The maximum Gasteiger partial charge on any atom is 0.255 e. The Bertz CT molecular complexity index is 2260. The van der Waals surface area contributed by atoms with Crippen molar-refractivity contribution in [1.82, 2.24) is 14.9 Å². The van der Waals surface area contributed by atoms with Gasteiger partial charge in [-0.15, -0.1) is 0 Å². The number of anilines is 3. The quantitative estimate of drug-likeness (QED) is 0.110. The van der Waals surface area contributed by atoms with Crippen LogP contribution in [-0.4, -0.2) is 85.7 Å². The number of fused-ring (bicyclic) bond motifs is 7. The van der Waals surface area contributed by atoms with Crippen molar-refractivity contribution in [2.24, 2.45) is 0 Å². The highest BCUT2D eigenvalue weighted by Gasteiger charge is 2.56. The molecular formula is C44H52N6O4S. The largest absolute Gasteiger partial charge is 0.456 e. The molecule has 2 aliphatic heterocycles. The average Bonchev–Trinajstić information content (AvgIpc) is 3.43. The van der Waals surface area contributed by atoms with E-state index in [0.29, 0.717) is 30.6 Å². The Hall–Kier alpha value is -5.10. The van der Waals surface area contributed by atoms with Gasteiger partial charge < -0.3 is 29.7 Å². The van der Waals surface area contributed by atoms with Crippen LogP contribution in [0.25, 0.3) is 10.8 Å². The van der Waals surface area contributed by atoms with Gasteiger partial charge in [0.25, 0.3) is 5.91 Å². The van der Waals surface area contributed by atoms with E-state index in [2.05, 4.69) is 90.0 Å². The second-order valence-corrected chi connectivity index (χ2v) is 15.9. The number of hydrogen-bond acceptors (Lipinski definition) is 8. The van der Waals surface area contributed by atoms with E-state index >= 15 is 0 Å². The van der Waals surface area contributed by atoms with Gasteiger partial charge in [0.2, 0.25) is 10.0 Å². The molecule has 0 aliphatic carbocycles. The van der Waals surface area contributed by atoms with Gasteiger partial charge >= 0.3 is 0 Å². The summed E-state index contributed by atoms with van der Waals surface area (Å²) in [4.78, 5) is 23.3. The van der Waals surface area contributed by atoms with E-state index in [0.717, 1.165) is 76.8 Å². The van der Waals surface area contributed by atoms with Crippen molar-refractivity contribution in [3.63, 3.8) is 0 Å². The van der Waals surface area contributed by atoms with Crippen LogP contribution in [-0.2, 0) is 15.6 Å². The summed E-state index contributed by atoms with van der Waals surface area (Å²) in [7, 11) is 0.105. The molecule has 10 nitrogen and oxygen atoms in total. The predicted octanol–water partition coefficient (Wildman–Crippen LogP) is 7.02. The number of nitrogens with one attached hydrogen (secondary N) is 2. The molecule has 0 saturated carbocycles. The summed E-state index contributed by atoms with van der Waals surface area (Å²) in [6.45, 7) is 13.4. The third kappa shape index (κ3) is 6.58. The Morgan fingerprint density at radius 2 is 1.27 bits per heavy atom. The van der Waals surface area contributed by atoms with Gasteiger partial charge in [0.05, 0.1) is 4.90 Å². The number of sulfonamides is 1. The van der Waals surface area contributed by atoms with Gasteiger partial charge in [0.1, 0.15) is 17.0 Å². The number of rotatable bonds is 15. The first-order valence-corrected chi connectivity index (χ1v) is 20.9. The number of carbonyl (C=O) groups excluding carboxylic acids is 1. The molecule has 2 N–H and O–H groups in total. The van der Waals surface area contributed by atoms with E-state index in [9.17, 15) is 13.2 Å². The first-order chi connectivity index (χ1) is 26.6. The van der Waals surface area contributed by atoms with E-state index < -0.39 is 15.6 Å². The molecule has 0 atom stereocenters. The maximum atomic E-state index is 14.6. The van der Waals surface area contributed by atoms with Crippen molar-refractivity contribution in [3.8, 4) is 11.5 Å². The standard InChI is InChI=1S/C44H52N6O4S/c1-7-48(8-2)31-21-23-37-40(29-31)54-41-30-32(49(9-3)10-4)22-24-38(41)44(37)36-18-12-11-15-35(36)43(51)50(44)28-27-45-25-26-46-55(52,53)42-20-14-16-33-34(42)17-13-19-39(33)47(5)6/h11-24,29-30,45-46H,7-10,25-28H2,1-6H3. The number of hydrogen-bond donors (Lipinski definition) is 2. The summed E-state index contributed by atoms with van der Waals surface area (Å²) < 4.78 is 36.7. The molecule has 7 rings (SSSR count). The van der Waals surface area contributed by atoms with E-state index in [1.54, 1.807) is 12.1 Å². The Morgan fingerprint density at radius 3 is 1.89 bits per heavy atom. The van der Waals surface area contributed by atoms with Crippen LogP contribution in [0, 0.1) is 0 Å². The summed E-state index contributed by atoms with van der Waals surface area (Å²) >= 11 is 0. The molecule has 0 radical (unpaired) electrons. The summed E-state index contributed by atoms with van der Waals surface area (Å²) in [5.74, 6) is 1.42. The Balaban J connectivity index is 1.18. The van der Waals surface area contributed by atoms with E-state index in [4.69, 9.17) is 4.74 Å². The lowest BCUT2D eigenvalue weighted by Gasteiger charge is -2.45. The Morgan fingerprint density at radius 1 is 0.673 bits per heavy atom. The van der Waals surface area contributed by atoms with Gasteiger partial charge in [-0.2, -0.15) is 0 Å². The molecule has 288 valence electrons. The van der Waals surface area contributed by atoms with E-state index in [1.165, 1.54) is 0 Å². The lowest BCUT2D eigenvalue weighted by atomic mass is 9.74. The highest BCUT2D eigenvalue weighted by atomic mass is 32.2. The molecule has 0 fully saturated rings. The van der Waals surface area contributed by atoms with Gasteiger partial charge in [-0.3, -0.25) is 4.79 Å². The molecule has 2 aliphatic rings. The summed E-state index contributed by atoms with van der Waals surface area (Å²) in [5, 5.41) is 4.98. The molecule has 0 saturated heterocycles. The first kappa shape index (κ1) is 38.2. The molecule has 0 aromatic heterocycles. The predicted molar refractivity (Wildman–Crippen MR) is 224 cm³/mol. The van der Waals surface area contributed by atoms with Crippen LogP contribution in [0.2, 0.25) is 0 Å². The van der Waals surface area contributed by atoms with Crippen LogP contribution in [0.1, 0.15) is 54.7 Å². The van der Waals surface area contributed by atoms with Crippen LogP contribution in [0.5, 0.6) is 11.5 Å². The minimum absolute atomic E-state index is 0.0504. The van der Waals surface area contributed by atoms with Gasteiger partial charge in [0.15, 0.2) is 0 Å². The van der Waals surface area contributed by atoms with Crippen molar-refractivity contribution in [3.05, 3.63) is 119 Å². The minimum atomic E-state index is -3.79. The second kappa shape index (κ2) is 15.6. The Labute approximate surface area is 325 Å². The second-order valence-electron chi connectivity index (χ2n) is 14.2. The van der Waals surface area contributed by atoms with Crippen molar-refractivity contribution >= 4 is 43.8 Å². The fourth-order valence-electron chi connectivity index (χ4n) is 8.46. The van der Waals surface area contributed by atoms with Gasteiger partial charge in [-0.25, -0.2) is 13.1 Å². The summed E-state index contributed by atoms with van der Waals surface area (Å²) in [6.07, 6.45) is 0. The summed E-state index contributed by atoms with van der Waals surface area (Å²) in [6, 6.07) is 31.7. The zero-order valence-corrected chi connectivity index (χ0v) is 33.5. The van der Waals surface area contributed by atoms with Crippen LogP contribution in [0.3, 0.4) is 0 Å². The van der Waals surface area contributed by atoms with Gasteiger partial charge in [-0.1, -0.05) is 54.6 Å². The normalized spacial score (nSPS) is 14.1. The van der Waals surface area contributed by atoms with Crippen molar-refractivity contribution in [1.29, 1.82) is 0 Å². The SMILES string of the molecule is CCN(CC)c1ccc2c(c1)Oc1cc(N(CC)CC)ccc1C21c2ccccc2C(=O)N1CCNCCNS(=O)(=O)c1cccc2c(N(C)C)cccc12. The smallest absolute Gasteiger partial charge is 0.255 e. The molecule has 0 bridgehead atoms. The van der Waals surface area contributed by atoms with E-state index in [-0.39, 0.29) is 17.3 Å². The molecule has 1 spiro atoms. The van der Waals surface area contributed by atoms with Gasteiger partial charge in [0, 0.05) is 123 Å². The lowest BCUT2D eigenvalue weighted by molar-refractivity contribution is 0.0668. The third-order valence-corrected chi connectivity index (χ3v) is 12.6. The Kier molecular flexibility index (Phi) is 10.8. The zero-order chi connectivity index (χ0) is 38.9. The molecule has 5 aromatic rings. The molecule has 0 unspecified atom stereocenters. The highest BCUT2D eigenvalue weighted by Crippen LogP contribution is 2.58. The summed E-state index contributed by atoms with van der Waals surface area (Å²) in [5.41, 5.74) is 5.60. The topological polar surface area (TPSA) is 97.5 Å². The number of ether oxygens (including phenoxy) is 1. The molecule has 5 aromatic carbocycles. The molecule has 2 heterocycles. The number of nitrogens with zero attached hydrogens (tertiary/aromatic N) is 4. The number of amides is 1. The number of carbonyl (C=O) groups is 1. The first-order valence-electron chi connectivity index (χ1n) is 19.4. The molecule has 1 amide bonds. The van der Waals surface area contributed by atoms with Crippen LogP contribution in [0.4, 0.5) is 17.1 Å². The van der Waals surface area contributed by atoms with Crippen molar-refractivity contribution in [2.75, 3.05) is 81.2 Å². The van der Waals surface area contributed by atoms with Crippen molar-refractivity contribution < 1.29 is 17.9 Å². The van der Waals surface area contributed by atoms with Crippen LogP contribution < -0.4 is 29.5 Å². The minimum Gasteiger partial charge on any atom is -0.456 e. The number of benzene rings is 5. The zero-order valence-electron chi connectivity index (χ0n) is 32.7. The van der Waals surface area contributed by atoms with Gasteiger partial charge in [-0.05, 0) is 63.6 Å². The third-order valence-electron chi connectivity index (χ3n) is 11.1. The fourth-order valence-corrected chi connectivity index (χ4v) is 9.71. The molecular weight excluding hydrogens is 709 g/mol.